The van der Waals surface area contributed by atoms with Crippen molar-refractivity contribution in [2.75, 3.05) is 33.9 Å². The molecule has 4 heteroatoms. The average Bonchev–Trinajstić information content (AvgIpc) is 2.37. The fraction of sp³-hybridized carbons (Fsp3) is 0.600. The molecule has 0 aliphatic heterocycles. The minimum atomic E-state index is 0.183. The highest BCUT2D eigenvalue weighted by atomic mass is 79.9. The summed E-state index contributed by atoms with van der Waals surface area (Å²) in [4.78, 5) is 0. The van der Waals surface area contributed by atoms with E-state index in [0.29, 0.717) is 0 Å². The number of hydrogen-bond acceptors (Lipinski definition) is 3. The standard InChI is InChI=1S/C15H24BrNO2/c1-15(2,11-17-7-8-18-3)10-12-9-13(19-4)5-6-14(12)16/h5-6,9,17H,7-8,10-11H2,1-4H3. The van der Waals surface area contributed by atoms with Gasteiger partial charge in [-0.25, -0.2) is 0 Å². The van der Waals surface area contributed by atoms with Crippen LogP contribution in [-0.2, 0) is 11.2 Å². The molecule has 108 valence electrons. The second kappa shape index (κ2) is 7.88. The minimum absolute atomic E-state index is 0.183. The lowest BCUT2D eigenvalue weighted by Crippen LogP contribution is -2.33. The van der Waals surface area contributed by atoms with Gasteiger partial charge in [-0.05, 0) is 35.6 Å². The Labute approximate surface area is 124 Å². The molecule has 1 N–H and O–H groups in total. The molecule has 0 aliphatic rings. The molecule has 0 aromatic heterocycles. The molecule has 1 aromatic carbocycles. The summed E-state index contributed by atoms with van der Waals surface area (Å²) in [6.07, 6.45) is 0.991. The van der Waals surface area contributed by atoms with Crippen molar-refractivity contribution in [3.63, 3.8) is 0 Å². The average molecular weight is 330 g/mol. The first-order valence-electron chi connectivity index (χ1n) is 6.50. The maximum Gasteiger partial charge on any atom is 0.119 e. The van der Waals surface area contributed by atoms with Gasteiger partial charge in [-0.15, -0.1) is 0 Å². The van der Waals surface area contributed by atoms with E-state index >= 15 is 0 Å². The molecule has 0 saturated carbocycles. The molecule has 0 aliphatic carbocycles. The van der Waals surface area contributed by atoms with Crippen LogP contribution in [-0.4, -0.2) is 33.9 Å². The predicted molar refractivity (Wildman–Crippen MR) is 82.9 cm³/mol. The van der Waals surface area contributed by atoms with Gasteiger partial charge in [0, 0.05) is 24.7 Å². The smallest absolute Gasteiger partial charge is 0.119 e. The van der Waals surface area contributed by atoms with Gasteiger partial charge in [0.25, 0.3) is 0 Å². The van der Waals surface area contributed by atoms with E-state index in [1.807, 2.05) is 12.1 Å². The van der Waals surface area contributed by atoms with E-state index in [4.69, 9.17) is 9.47 Å². The zero-order chi connectivity index (χ0) is 14.3. The Morgan fingerprint density at radius 3 is 2.63 bits per heavy atom. The second-order valence-corrected chi connectivity index (χ2v) is 6.32. The molecule has 0 bridgehead atoms. The second-order valence-electron chi connectivity index (χ2n) is 5.47. The summed E-state index contributed by atoms with van der Waals surface area (Å²) >= 11 is 3.61. The highest BCUT2D eigenvalue weighted by molar-refractivity contribution is 9.10. The Kier molecular flexibility index (Phi) is 6.83. The highest BCUT2D eigenvalue weighted by Crippen LogP contribution is 2.29. The van der Waals surface area contributed by atoms with E-state index in [-0.39, 0.29) is 5.41 Å². The first-order valence-corrected chi connectivity index (χ1v) is 7.30. The van der Waals surface area contributed by atoms with E-state index in [1.165, 1.54) is 5.56 Å². The summed E-state index contributed by atoms with van der Waals surface area (Å²) in [5.74, 6) is 0.904. The van der Waals surface area contributed by atoms with Crippen molar-refractivity contribution in [3.8, 4) is 5.75 Å². The van der Waals surface area contributed by atoms with Crippen LogP contribution in [0.15, 0.2) is 22.7 Å². The molecule has 0 amide bonds. The topological polar surface area (TPSA) is 30.5 Å². The maximum absolute atomic E-state index is 5.28. The summed E-state index contributed by atoms with van der Waals surface area (Å²) < 4.78 is 11.5. The van der Waals surface area contributed by atoms with Gasteiger partial charge >= 0.3 is 0 Å². The van der Waals surface area contributed by atoms with E-state index in [1.54, 1.807) is 14.2 Å². The molecule has 0 heterocycles. The molecule has 0 saturated heterocycles. The van der Waals surface area contributed by atoms with Crippen LogP contribution in [0.25, 0.3) is 0 Å². The SMILES string of the molecule is COCCNCC(C)(C)Cc1cc(OC)ccc1Br. The normalized spacial score (nSPS) is 11.6. The molecule has 0 spiro atoms. The van der Waals surface area contributed by atoms with E-state index < -0.39 is 0 Å². The molecular formula is C15H24BrNO2. The monoisotopic (exact) mass is 329 g/mol. The van der Waals surface area contributed by atoms with Crippen molar-refractivity contribution in [2.24, 2.45) is 5.41 Å². The van der Waals surface area contributed by atoms with Crippen molar-refractivity contribution < 1.29 is 9.47 Å². The molecular weight excluding hydrogens is 306 g/mol. The van der Waals surface area contributed by atoms with Crippen LogP contribution in [0.5, 0.6) is 5.75 Å². The van der Waals surface area contributed by atoms with Crippen molar-refractivity contribution >= 4 is 15.9 Å². The number of halogens is 1. The van der Waals surface area contributed by atoms with Gasteiger partial charge in [0.1, 0.15) is 5.75 Å². The zero-order valence-electron chi connectivity index (χ0n) is 12.3. The molecule has 0 atom stereocenters. The maximum atomic E-state index is 5.28. The predicted octanol–water partition coefficient (Wildman–Crippen LogP) is 3.26. The van der Waals surface area contributed by atoms with E-state index in [9.17, 15) is 0 Å². The lowest BCUT2D eigenvalue weighted by Gasteiger charge is -2.26. The van der Waals surface area contributed by atoms with Gasteiger partial charge in [-0.3, -0.25) is 0 Å². The molecule has 19 heavy (non-hydrogen) atoms. The minimum Gasteiger partial charge on any atom is -0.497 e. The lowest BCUT2D eigenvalue weighted by molar-refractivity contribution is 0.194. The largest absolute Gasteiger partial charge is 0.497 e. The van der Waals surface area contributed by atoms with Crippen molar-refractivity contribution in [1.29, 1.82) is 0 Å². The fourth-order valence-corrected chi connectivity index (χ4v) is 2.38. The van der Waals surface area contributed by atoms with Crippen molar-refractivity contribution in [2.45, 2.75) is 20.3 Å². The fourth-order valence-electron chi connectivity index (χ4n) is 1.99. The van der Waals surface area contributed by atoms with Crippen LogP contribution in [0.3, 0.4) is 0 Å². The number of methoxy groups -OCH3 is 2. The van der Waals surface area contributed by atoms with Crippen LogP contribution in [0.1, 0.15) is 19.4 Å². The Balaban J connectivity index is 2.61. The van der Waals surface area contributed by atoms with Crippen LogP contribution in [0.4, 0.5) is 0 Å². The Morgan fingerprint density at radius 2 is 2.00 bits per heavy atom. The number of ether oxygens (including phenoxy) is 2. The zero-order valence-corrected chi connectivity index (χ0v) is 13.8. The molecule has 1 aromatic rings. The quantitative estimate of drug-likeness (QED) is 0.742. The molecule has 3 nitrogen and oxygen atoms in total. The van der Waals surface area contributed by atoms with Crippen molar-refractivity contribution in [3.05, 3.63) is 28.2 Å². The summed E-state index contributed by atoms with van der Waals surface area (Å²) in [5.41, 5.74) is 1.46. The number of hydrogen-bond donors (Lipinski definition) is 1. The Hall–Kier alpha value is -0.580. The Morgan fingerprint density at radius 1 is 1.26 bits per heavy atom. The van der Waals surface area contributed by atoms with Crippen LogP contribution in [0.2, 0.25) is 0 Å². The third kappa shape index (κ3) is 5.93. The van der Waals surface area contributed by atoms with Crippen LogP contribution < -0.4 is 10.1 Å². The Bertz CT molecular complexity index is 394. The third-order valence-electron chi connectivity index (χ3n) is 3.01. The molecule has 0 unspecified atom stereocenters. The summed E-state index contributed by atoms with van der Waals surface area (Å²) in [6.45, 7) is 7.12. The van der Waals surface area contributed by atoms with Crippen LogP contribution in [0, 0.1) is 5.41 Å². The number of benzene rings is 1. The van der Waals surface area contributed by atoms with E-state index in [0.717, 1.165) is 36.3 Å². The first kappa shape index (κ1) is 16.5. The molecule has 0 fully saturated rings. The first-order chi connectivity index (χ1) is 8.98. The van der Waals surface area contributed by atoms with Crippen LogP contribution >= 0.6 is 15.9 Å². The summed E-state index contributed by atoms with van der Waals surface area (Å²) in [5, 5.41) is 3.42. The molecule has 1 rings (SSSR count). The number of nitrogens with one attached hydrogen (secondary N) is 1. The van der Waals surface area contributed by atoms with Gasteiger partial charge in [0.05, 0.1) is 13.7 Å². The van der Waals surface area contributed by atoms with Gasteiger partial charge in [0.15, 0.2) is 0 Å². The number of rotatable bonds is 8. The highest BCUT2D eigenvalue weighted by Gasteiger charge is 2.19. The van der Waals surface area contributed by atoms with Gasteiger partial charge < -0.3 is 14.8 Å². The summed E-state index contributed by atoms with van der Waals surface area (Å²) in [6, 6.07) is 6.11. The molecule has 0 radical (unpaired) electrons. The van der Waals surface area contributed by atoms with Crippen molar-refractivity contribution in [1.82, 2.24) is 5.32 Å². The van der Waals surface area contributed by atoms with Gasteiger partial charge in [-0.1, -0.05) is 29.8 Å². The summed E-state index contributed by atoms with van der Waals surface area (Å²) in [7, 11) is 3.42. The third-order valence-corrected chi connectivity index (χ3v) is 3.78. The van der Waals surface area contributed by atoms with Gasteiger partial charge in [-0.2, -0.15) is 0 Å². The van der Waals surface area contributed by atoms with E-state index in [2.05, 4.69) is 41.2 Å². The van der Waals surface area contributed by atoms with Gasteiger partial charge in [0.2, 0.25) is 0 Å². The lowest BCUT2D eigenvalue weighted by atomic mass is 9.85.